The third-order valence-electron chi connectivity index (χ3n) is 2.56. The van der Waals surface area contributed by atoms with Crippen LogP contribution in [-0.4, -0.2) is 0 Å². The quantitative estimate of drug-likeness (QED) is 0.763. The number of fused-ring (bicyclic) bond motifs is 1. The van der Waals surface area contributed by atoms with Gasteiger partial charge >= 0.3 is 0 Å². The third kappa shape index (κ3) is 1.31. The Bertz CT molecular complexity index is 451. The lowest BCUT2D eigenvalue weighted by atomic mass is 10.2. The van der Waals surface area contributed by atoms with Gasteiger partial charge in [-0.1, -0.05) is 18.2 Å². The van der Waals surface area contributed by atoms with Gasteiger partial charge in [0.15, 0.2) is 0 Å². The van der Waals surface area contributed by atoms with Crippen molar-refractivity contribution < 1.29 is 0 Å². The Morgan fingerprint density at radius 2 is 1.67 bits per heavy atom. The Morgan fingerprint density at radius 3 is 2.20 bits per heavy atom. The van der Waals surface area contributed by atoms with Gasteiger partial charge < -0.3 is 10.6 Å². The molecule has 1 aromatic heterocycles. The molecule has 0 unspecified atom stereocenters. The van der Waals surface area contributed by atoms with Crippen molar-refractivity contribution in [2.45, 2.75) is 5.66 Å². The van der Waals surface area contributed by atoms with E-state index in [0.29, 0.717) is 0 Å². The zero-order chi connectivity index (χ0) is 10.3. The van der Waals surface area contributed by atoms with Crippen molar-refractivity contribution in [1.29, 1.82) is 0 Å². The van der Waals surface area contributed by atoms with Crippen LogP contribution in [-0.2, 0) is 5.66 Å². The zero-order valence-electron chi connectivity index (χ0n) is 8.16. The molecule has 1 radical (unpaired) electrons. The second-order valence-electron chi connectivity index (χ2n) is 3.68. The smallest absolute Gasteiger partial charge is 0.144 e. The van der Waals surface area contributed by atoms with Crippen LogP contribution in [0.2, 0.25) is 0 Å². The van der Waals surface area contributed by atoms with Gasteiger partial charge in [-0.3, -0.25) is 0 Å². The van der Waals surface area contributed by atoms with E-state index in [-0.39, 0.29) is 0 Å². The maximum absolute atomic E-state index is 4.21. The molecule has 3 rings (SSSR count). The number of rotatable bonds is 1. The highest BCUT2D eigenvalue weighted by atomic mass is 32.1. The average molecular weight is 215 g/mol. The van der Waals surface area contributed by atoms with E-state index >= 15 is 0 Å². The first-order valence-corrected chi connectivity index (χ1v) is 5.71. The van der Waals surface area contributed by atoms with Crippen molar-refractivity contribution in [2.75, 3.05) is 10.6 Å². The van der Waals surface area contributed by atoms with Crippen molar-refractivity contribution >= 4 is 22.7 Å². The van der Waals surface area contributed by atoms with Crippen LogP contribution < -0.4 is 10.6 Å². The maximum atomic E-state index is 4.21. The highest BCUT2D eigenvalue weighted by Gasteiger charge is 2.33. The largest absolute Gasteiger partial charge is 0.357 e. The lowest BCUT2D eigenvalue weighted by Gasteiger charge is -2.24. The molecule has 0 amide bonds. The first kappa shape index (κ1) is 8.80. The molecule has 0 atom stereocenters. The van der Waals surface area contributed by atoms with Gasteiger partial charge in [0, 0.05) is 0 Å². The number of nitrogens with one attached hydrogen (secondary N) is 2. The summed E-state index contributed by atoms with van der Waals surface area (Å²) in [6.45, 7) is 4.21. The summed E-state index contributed by atoms with van der Waals surface area (Å²) in [5.74, 6) is 0. The summed E-state index contributed by atoms with van der Waals surface area (Å²) < 4.78 is 0. The lowest BCUT2D eigenvalue weighted by Crippen LogP contribution is -2.34. The van der Waals surface area contributed by atoms with Gasteiger partial charge in [-0.25, -0.2) is 0 Å². The molecule has 0 spiro atoms. The van der Waals surface area contributed by atoms with Crippen LogP contribution >= 0.6 is 11.3 Å². The fourth-order valence-electron chi connectivity index (χ4n) is 1.84. The van der Waals surface area contributed by atoms with Crippen LogP contribution in [0, 0.1) is 6.92 Å². The summed E-state index contributed by atoms with van der Waals surface area (Å²) >= 11 is 1.70. The molecule has 1 aromatic carbocycles. The molecule has 1 aliphatic heterocycles. The normalized spacial score (nSPS) is 16.6. The van der Waals surface area contributed by atoms with Crippen molar-refractivity contribution in [2.24, 2.45) is 0 Å². The summed E-state index contributed by atoms with van der Waals surface area (Å²) in [6, 6.07) is 12.3. The minimum Gasteiger partial charge on any atom is -0.357 e. The molecule has 0 aliphatic carbocycles. The SMILES string of the molecule is [CH2]C1(c2cccs2)Nc2ccccc2N1. The van der Waals surface area contributed by atoms with Gasteiger partial charge in [0.2, 0.25) is 0 Å². The first-order chi connectivity index (χ1) is 7.28. The second-order valence-corrected chi connectivity index (χ2v) is 4.63. The van der Waals surface area contributed by atoms with Crippen LogP contribution in [0.5, 0.6) is 0 Å². The van der Waals surface area contributed by atoms with Gasteiger partial charge in [0.05, 0.1) is 16.3 Å². The van der Waals surface area contributed by atoms with Gasteiger partial charge in [-0.2, -0.15) is 0 Å². The van der Waals surface area contributed by atoms with Crippen LogP contribution in [0.1, 0.15) is 4.88 Å². The summed E-state index contributed by atoms with van der Waals surface area (Å²) in [6.07, 6.45) is 0. The summed E-state index contributed by atoms with van der Waals surface area (Å²) in [7, 11) is 0. The Labute approximate surface area is 93.0 Å². The van der Waals surface area contributed by atoms with Crippen LogP contribution in [0.25, 0.3) is 0 Å². The molecule has 0 saturated carbocycles. The van der Waals surface area contributed by atoms with Gasteiger partial charge in [-0.05, 0) is 30.5 Å². The Kier molecular flexibility index (Phi) is 1.76. The third-order valence-corrected chi connectivity index (χ3v) is 3.60. The van der Waals surface area contributed by atoms with Crippen LogP contribution in [0.3, 0.4) is 0 Å². The number of para-hydroxylation sites is 2. The Hall–Kier alpha value is -1.48. The van der Waals surface area contributed by atoms with Crippen molar-refractivity contribution in [3.05, 3.63) is 53.6 Å². The number of hydrogen-bond acceptors (Lipinski definition) is 3. The number of hydrogen-bond donors (Lipinski definition) is 2. The average Bonchev–Trinajstić information content (AvgIpc) is 2.83. The Balaban J connectivity index is 2.01. The fourth-order valence-corrected chi connectivity index (χ4v) is 2.60. The van der Waals surface area contributed by atoms with E-state index in [9.17, 15) is 0 Å². The number of benzene rings is 1. The topological polar surface area (TPSA) is 24.1 Å². The van der Waals surface area contributed by atoms with E-state index in [1.165, 1.54) is 4.88 Å². The maximum Gasteiger partial charge on any atom is 0.144 e. The monoisotopic (exact) mass is 215 g/mol. The molecule has 75 valence electrons. The minimum atomic E-state index is -0.405. The van der Waals surface area contributed by atoms with Crippen LogP contribution in [0.4, 0.5) is 11.4 Å². The molecule has 2 aromatic rings. The fraction of sp³-hybridized carbons (Fsp3) is 0.0833. The van der Waals surface area contributed by atoms with E-state index in [2.05, 4.69) is 41.1 Å². The van der Waals surface area contributed by atoms with Crippen molar-refractivity contribution in [3.63, 3.8) is 0 Å². The highest BCUT2D eigenvalue weighted by Crippen LogP contribution is 2.39. The molecular formula is C12H11N2S. The minimum absolute atomic E-state index is 0.405. The number of anilines is 2. The molecule has 1 aliphatic rings. The predicted octanol–water partition coefficient (Wildman–Crippen LogP) is 3.27. The van der Waals surface area contributed by atoms with E-state index in [4.69, 9.17) is 0 Å². The van der Waals surface area contributed by atoms with E-state index in [1.54, 1.807) is 11.3 Å². The molecule has 15 heavy (non-hydrogen) atoms. The molecule has 0 saturated heterocycles. The molecule has 0 fully saturated rings. The van der Waals surface area contributed by atoms with Gasteiger partial charge in [0.25, 0.3) is 0 Å². The standard InChI is InChI=1S/C12H11N2S/c1-12(11-7-4-8-15-11)13-9-5-2-3-6-10(9)14-12/h2-8,13-14H,1H2. The van der Waals surface area contributed by atoms with E-state index in [0.717, 1.165) is 11.4 Å². The molecule has 2 N–H and O–H groups in total. The molecule has 2 nitrogen and oxygen atoms in total. The second kappa shape index (κ2) is 3.00. The molecular weight excluding hydrogens is 204 g/mol. The summed E-state index contributed by atoms with van der Waals surface area (Å²) in [5, 5.41) is 8.87. The summed E-state index contributed by atoms with van der Waals surface area (Å²) in [4.78, 5) is 1.19. The molecule has 0 bridgehead atoms. The molecule has 3 heteroatoms. The predicted molar refractivity (Wildman–Crippen MR) is 65.0 cm³/mol. The van der Waals surface area contributed by atoms with Gasteiger partial charge in [-0.15, -0.1) is 11.3 Å². The highest BCUT2D eigenvalue weighted by molar-refractivity contribution is 7.10. The lowest BCUT2D eigenvalue weighted by molar-refractivity contribution is 0.750. The molecule has 2 heterocycles. The zero-order valence-corrected chi connectivity index (χ0v) is 8.97. The van der Waals surface area contributed by atoms with Crippen molar-refractivity contribution in [1.82, 2.24) is 0 Å². The van der Waals surface area contributed by atoms with Crippen molar-refractivity contribution in [3.8, 4) is 0 Å². The number of thiophene rings is 1. The van der Waals surface area contributed by atoms with Gasteiger partial charge in [0.1, 0.15) is 5.66 Å². The van der Waals surface area contributed by atoms with Crippen LogP contribution in [0.15, 0.2) is 41.8 Å². The first-order valence-electron chi connectivity index (χ1n) is 4.83. The van der Waals surface area contributed by atoms with E-state index in [1.807, 2.05) is 18.2 Å². The summed E-state index contributed by atoms with van der Waals surface area (Å²) in [5.41, 5.74) is 1.82. The van der Waals surface area contributed by atoms with E-state index < -0.39 is 5.66 Å². The Morgan fingerprint density at radius 1 is 1.00 bits per heavy atom.